The standard InChI is InChI=1S/C39H62N9O10P/c1-39(2,3)58-38(53)41-21-18-19-33(49)44-32-27-48(6)34(45-32)37(52)43-29-24-31(47(5)26-29)36(51)42-28-23-30(46(4)25-28)35(50)40-20-16-14-12-10-8-9-11-13-15-17-22-57-59(54,55)56-7/h23-27H,8-22H2,1-7H3,(H,40,50)(H,41,53)(H,42,51)(H,43,52)(H,44,49)(H,54,55). The number of nitrogens with one attached hydrogen (secondary N) is 5. The first-order chi connectivity index (χ1) is 27.9. The number of unbranched alkanes of at least 4 members (excludes halogenated alkanes) is 9. The van der Waals surface area contributed by atoms with Gasteiger partial charge in [-0.05, 0) is 52.2 Å². The molecule has 5 amide bonds. The van der Waals surface area contributed by atoms with Gasteiger partial charge in [-0.1, -0.05) is 51.4 Å². The lowest BCUT2D eigenvalue weighted by atomic mass is 10.1. The lowest BCUT2D eigenvalue weighted by molar-refractivity contribution is -0.116. The maximum atomic E-state index is 13.2. The maximum Gasteiger partial charge on any atom is 0.471 e. The fourth-order valence-electron chi connectivity index (χ4n) is 5.96. The molecule has 0 fully saturated rings. The Morgan fingerprint density at radius 2 is 1.22 bits per heavy atom. The van der Waals surface area contributed by atoms with Gasteiger partial charge in [-0.3, -0.25) is 28.2 Å². The molecule has 20 heteroatoms. The molecule has 3 rings (SSSR count). The summed E-state index contributed by atoms with van der Waals surface area (Å²) in [5.74, 6) is -1.36. The number of hydrogen-bond acceptors (Lipinski definition) is 10. The molecule has 1 atom stereocenters. The van der Waals surface area contributed by atoms with Gasteiger partial charge in [-0.2, -0.15) is 0 Å². The number of rotatable bonds is 25. The van der Waals surface area contributed by atoms with Crippen molar-refractivity contribution in [3.8, 4) is 0 Å². The number of anilines is 3. The van der Waals surface area contributed by atoms with Crippen molar-refractivity contribution in [1.29, 1.82) is 0 Å². The number of carbonyl (C=O) groups excluding carboxylic acids is 5. The number of aryl methyl sites for hydroxylation is 3. The van der Waals surface area contributed by atoms with E-state index >= 15 is 0 Å². The minimum atomic E-state index is -3.87. The van der Waals surface area contributed by atoms with Crippen LogP contribution in [0.25, 0.3) is 0 Å². The SMILES string of the molecule is COP(=O)(O)OCCCCCCCCCCCCNC(=O)c1cc(NC(=O)c2cc(NC(=O)c3nc(NC(=O)CCCNC(=O)OC(C)(C)C)cn3C)cn2C)cn1C. The van der Waals surface area contributed by atoms with Crippen LogP contribution >= 0.6 is 7.82 Å². The number of alkyl carbamates (subject to hydrolysis) is 1. The van der Waals surface area contributed by atoms with Crippen LogP contribution in [0.4, 0.5) is 22.0 Å². The highest BCUT2D eigenvalue weighted by atomic mass is 31.2. The van der Waals surface area contributed by atoms with Crippen LogP contribution in [-0.2, 0) is 44.3 Å². The summed E-state index contributed by atoms with van der Waals surface area (Å²) in [5, 5.41) is 13.8. The van der Waals surface area contributed by atoms with Crippen molar-refractivity contribution >= 4 is 54.7 Å². The molecule has 3 aromatic rings. The summed E-state index contributed by atoms with van der Waals surface area (Å²) < 4.78 is 30.3. The van der Waals surface area contributed by atoms with E-state index in [4.69, 9.17) is 9.26 Å². The Morgan fingerprint density at radius 3 is 1.80 bits per heavy atom. The number of aromatic nitrogens is 4. The zero-order valence-electron chi connectivity index (χ0n) is 35.4. The molecule has 0 aromatic carbocycles. The minimum Gasteiger partial charge on any atom is -0.444 e. The van der Waals surface area contributed by atoms with Crippen molar-refractivity contribution in [2.75, 3.05) is 42.8 Å². The van der Waals surface area contributed by atoms with E-state index in [1.807, 2.05) is 0 Å². The smallest absolute Gasteiger partial charge is 0.444 e. The number of phosphoric acid groups is 1. The summed E-state index contributed by atoms with van der Waals surface area (Å²) in [5.41, 5.74) is 0.826. The van der Waals surface area contributed by atoms with Crippen molar-refractivity contribution in [3.05, 3.63) is 47.9 Å². The van der Waals surface area contributed by atoms with Crippen molar-refractivity contribution in [2.24, 2.45) is 21.1 Å². The normalized spacial score (nSPS) is 12.4. The Labute approximate surface area is 345 Å². The number of imidazole rings is 1. The van der Waals surface area contributed by atoms with Crippen molar-refractivity contribution in [2.45, 2.75) is 103 Å². The molecule has 0 spiro atoms. The molecule has 6 N–H and O–H groups in total. The molecule has 3 heterocycles. The third kappa shape index (κ3) is 17.8. The third-order valence-corrected chi connectivity index (χ3v) is 9.90. The largest absolute Gasteiger partial charge is 0.471 e. The number of phosphoric ester groups is 1. The molecule has 0 saturated heterocycles. The van der Waals surface area contributed by atoms with E-state index in [2.05, 4.69) is 36.1 Å². The Morgan fingerprint density at radius 1 is 0.695 bits per heavy atom. The Bertz CT molecular complexity index is 1910. The summed E-state index contributed by atoms with van der Waals surface area (Å²) in [7, 11) is 2.27. The molecule has 1 unspecified atom stereocenters. The van der Waals surface area contributed by atoms with Crippen LogP contribution in [0.3, 0.4) is 0 Å². The van der Waals surface area contributed by atoms with Gasteiger partial charge in [-0.25, -0.2) is 14.3 Å². The predicted octanol–water partition coefficient (Wildman–Crippen LogP) is 6.24. The van der Waals surface area contributed by atoms with E-state index in [1.165, 1.54) is 16.8 Å². The van der Waals surface area contributed by atoms with Gasteiger partial charge in [0.1, 0.15) is 17.0 Å². The van der Waals surface area contributed by atoms with Gasteiger partial charge in [0.05, 0.1) is 18.0 Å². The van der Waals surface area contributed by atoms with Crippen LogP contribution in [0.2, 0.25) is 0 Å². The molecular weight excluding hydrogens is 785 g/mol. The fourth-order valence-corrected chi connectivity index (χ4v) is 6.43. The van der Waals surface area contributed by atoms with E-state index in [9.17, 15) is 33.4 Å². The molecule has 0 aliphatic heterocycles. The minimum absolute atomic E-state index is 0.0305. The van der Waals surface area contributed by atoms with Crippen molar-refractivity contribution in [1.82, 2.24) is 29.3 Å². The van der Waals surface area contributed by atoms with Gasteiger partial charge in [-0.15, -0.1) is 0 Å². The first kappa shape index (κ1) is 48.4. The number of hydrogen-bond donors (Lipinski definition) is 6. The number of carbonyl (C=O) groups is 5. The molecule has 3 aromatic heterocycles. The average Bonchev–Trinajstić information content (AvgIpc) is 3.83. The highest BCUT2D eigenvalue weighted by Crippen LogP contribution is 2.42. The molecule has 328 valence electrons. The van der Waals surface area contributed by atoms with Crippen LogP contribution < -0.4 is 26.6 Å². The summed E-state index contributed by atoms with van der Waals surface area (Å²) in [6, 6.07) is 3.12. The Kier molecular flexibility index (Phi) is 19.3. The van der Waals surface area contributed by atoms with Crippen LogP contribution in [0.15, 0.2) is 30.7 Å². The molecule has 0 saturated carbocycles. The number of amides is 5. The highest BCUT2D eigenvalue weighted by Gasteiger charge is 2.21. The van der Waals surface area contributed by atoms with E-state index in [1.54, 1.807) is 69.5 Å². The monoisotopic (exact) mass is 847 g/mol. The maximum absolute atomic E-state index is 13.2. The second kappa shape index (κ2) is 23.6. The molecule has 0 aliphatic rings. The second-order valence-electron chi connectivity index (χ2n) is 15.3. The van der Waals surface area contributed by atoms with Crippen molar-refractivity contribution in [3.63, 3.8) is 0 Å². The first-order valence-corrected chi connectivity index (χ1v) is 21.4. The molecule has 0 radical (unpaired) electrons. The number of ether oxygens (including phenoxy) is 1. The van der Waals surface area contributed by atoms with Gasteiger partial charge in [0.15, 0.2) is 5.82 Å². The van der Waals surface area contributed by atoms with Crippen molar-refractivity contribution < 1.29 is 47.2 Å². The lowest BCUT2D eigenvalue weighted by Gasteiger charge is -2.19. The lowest BCUT2D eigenvalue weighted by Crippen LogP contribution is -2.33. The summed E-state index contributed by atoms with van der Waals surface area (Å²) in [6.45, 7) is 6.29. The molecule has 19 nitrogen and oxygen atoms in total. The zero-order valence-corrected chi connectivity index (χ0v) is 36.2. The van der Waals surface area contributed by atoms with Crippen LogP contribution in [0, 0.1) is 0 Å². The van der Waals surface area contributed by atoms with Gasteiger partial charge in [0.2, 0.25) is 11.7 Å². The van der Waals surface area contributed by atoms with Crippen LogP contribution in [-0.4, -0.2) is 85.7 Å². The topological polar surface area (TPSA) is 238 Å². The molecule has 59 heavy (non-hydrogen) atoms. The number of nitrogens with zero attached hydrogens (tertiary/aromatic N) is 4. The first-order valence-electron chi connectivity index (χ1n) is 19.9. The predicted molar refractivity (Wildman–Crippen MR) is 223 cm³/mol. The van der Waals surface area contributed by atoms with Gasteiger partial charge in [0.25, 0.3) is 17.7 Å². The summed E-state index contributed by atoms with van der Waals surface area (Å²) in [6.07, 6.45) is 14.9. The van der Waals surface area contributed by atoms with Gasteiger partial charge < -0.3 is 49.9 Å². The fraction of sp³-hybridized carbons (Fsp3) is 0.590. The van der Waals surface area contributed by atoms with E-state index < -0.39 is 31.3 Å². The molecule has 0 aliphatic carbocycles. The Balaban J connectivity index is 1.35. The molecular formula is C39H62N9O10P. The highest BCUT2D eigenvalue weighted by molar-refractivity contribution is 7.47. The summed E-state index contributed by atoms with van der Waals surface area (Å²) in [4.78, 5) is 76.8. The van der Waals surface area contributed by atoms with E-state index in [-0.39, 0.29) is 48.7 Å². The average molecular weight is 848 g/mol. The molecule has 0 bridgehead atoms. The Hall–Kier alpha value is -4.97. The quantitative estimate of drug-likeness (QED) is 0.0412. The van der Waals surface area contributed by atoms with Crippen LogP contribution in [0.5, 0.6) is 0 Å². The van der Waals surface area contributed by atoms with Gasteiger partial charge in [0, 0.05) is 66.4 Å². The second-order valence-corrected chi connectivity index (χ2v) is 16.8. The zero-order chi connectivity index (χ0) is 43.6. The van der Waals surface area contributed by atoms with Crippen LogP contribution in [0.1, 0.15) is 129 Å². The summed E-state index contributed by atoms with van der Waals surface area (Å²) >= 11 is 0. The third-order valence-electron chi connectivity index (χ3n) is 8.93. The van der Waals surface area contributed by atoms with Gasteiger partial charge >= 0.3 is 13.9 Å². The van der Waals surface area contributed by atoms with E-state index in [0.717, 1.165) is 71.3 Å². The van der Waals surface area contributed by atoms with E-state index in [0.29, 0.717) is 30.0 Å².